The number of rotatable bonds is 6. The predicted octanol–water partition coefficient (Wildman–Crippen LogP) is 3.59. The maximum Gasteiger partial charge on any atom is 0.251 e. The van der Waals surface area contributed by atoms with E-state index < -0.39 is 0 Å². The van der Waals surface area contributed by atoms with Gasteiger partial charge in [-0.2, -0.15) is 0 Å². The van der Waals surface area contributed by atoms with E-state index in [-0.39, 0.29) is 17.2 Å². The van der Waals surface area contributed by atoms with E-state index in [4.69, 9.17) is 0 Å². The highest BCUT2D eigenvalue weighted by Gasteiger charge is 2.18. The number of carbonyl (C=O) groups is 2. The number of amides is 2. The summed E-state index contributed by atoms with van der Waals surface area (Å²) in [6, 6.07) is 9.03. The van der Waals surface area contributed by atoms with Crippen LogP contribution in [0.15, 0.2) is 35.7 Å². The molecule has 24 heavy (non-hydrogen) atoms. The number of benzene rings is 1. The third-order valence-corrected chi connectivity index (χ3v) is 4.18. The van der Waals surface area contributed by atoms with Crippen LogP contribution >= 0.6 is 11.3 Å². The molecule has 0 unspecified atom stereocenters. The molecule has 128 valence electrons. The normalized spacial score (nSPS) is 11.1. The van der Waals surface area contributed by atoms with Crippen molar-refractivity contribution in [3.05, 3.63) is 47.0 Å². The predicted molar refractivity (Wildman–Crippen MR) is 97.5 cm³/mol. The van der Waals surface area contributed by atoms with E-state index in [0.717, 1.165) is 5.69 Å². The fourth-order valence-corrected chi connectivity index (χ4v) is 2.95. The zero-order valence-corrected chi connectivity index (χ0v) is 15.1. The monoisotopic (exact) mass is 345 g/mol. The third-order valence-electron chi connectivity index (χ3n) is 3.42. The first kappa shape index (κ1) is 18.1. The lowest BCUT2D eigenvalue weighted by atomic mass is 9.93. The Morgan fingerprint density at radius 2 is 1.88 bits per heavy atom. The molecule has 5 nitrogen and oxygen atoms in total. The summed E-state index contributed by atoms with van der Waals surface area (Å²) in [5.41, 5.74) is 1.57. The van der Waals surface area contributed by atoms with Crippen molar-refractivity contribution in [1.29, 1.82) is 0 Å². The molecule has 0 fully saturated rings. The van der Waals surface area contributed by atoms with E-state index in [1.807, 2.05) is 23.6 Å². The highest BCUT2D eigenvalue weighted by Crippen LogP contribution is 2.26. The van der Waals surface area contributed by atoms with Crippen molar-refractivity contribution < 1.29 is 9.59 Å². The van der Waals surface area contributed by atoms with Gasteiger partial charge in [-0.3, -0.25) is 9.59 Å². The molecular weight excluding hydrogens is 322 g/mol. The molecule has 0 saturated heterocycles. The van der Waals surface area contributed by atoms with Gasteiger partial charge in [0, 0.05) is 29.3 Å². The van der Waals surface area contributed by atoms with Gasteiger partial charge in [0.15, 0.2) is 5.13 Å². The number of aromatic nitrogens is 1. The second-order valence-electron chi connectivity index (χ2n) is 6.56. The summed E-state index contributed by atoms with van der Waals surface area (Å²) in [6.45, 7) is 6.72. The standard InChI is InChI=1S/C18H23N3O2S/c1-18(2,3)14-12-24-17(20-14)21-15(22)10-7-11-19-16(23)13-8-5-4-6-9-13/h4-6,8-9,12H,7,10-11H2,1-3H3,(H,19,23)(H,20,21,22). The largest absolute Gasteiger partial charge is 0.352 e. The Bertz CT molecular complexity index is 690. The summed E-state index contributed by atoms with van der Waals surface area (Å²) < 4.78 is 0. The van der Waals surface area contributed by atoms with E-state index >= 15 is 0 Å². The Labute approximate surface area is 146 Å². The average Bonchev–Trinajstić information content (AvgIpc) is 3.01. The highest BCUT2D eigenvalue weighted by atomic mass is 32.1. The Morgan fingerprint density at radius 3 is 2.50 bits per heavy atom. The lowest BCUT2D eigenvalue weighted by Crippen LogP contribution is -2.25. The van der Waals surface area contributed by atoms with Crippen molar-refractivity contribution in [3.63, 3.8) is 0 Å². The maximum atomic E-state index is 11.9. The van der Waals surface area contributed by atoms with Crippen LogP contribution < -0.4 is 10.6 Å². The maximum absolute atomic E-state index is 11.9. The van der Waals surface area contributed by atoms with Crippen molar-refractivity contribution >= 4 is 28.3 Å². The Hall–Kier alpha value is -2.21. The second-order valence-corrected chi connectivity index (χ2v) is 7.42. The van der Waals surface area contributed by atoms with Gasteiger partial charge >= 0.3 is 0 Å². The SMILES string of the molecule is CC(C)(C)c1csc(NC(=O)CCCNC(=O)c2ccccc2)n1. The molecule has 2 amide bonds. The molecule has 1 heterocycles. The molecule has 0 radical (unpaired) electrons. The van der Waals surface area contributed by atoms with Crippen molar-refractivity contribution in [3.8, 4) is 0 Å². The van der Waals surface area contributed by atoms with Gasteiger partial charge in [-0.15, -0.1) is 11.3 Å². The van der Waals surface area contributed by atoms with Crippen LogP contribution in [0.4, 0.5) is 5.13 Å². The van der Waals surface area contributed by atoms with Gasteiger partial charge in [-0.05, 0) is 18.6 Å². The third kappa shape index (κ3) is 5.45. The van der Waals surface area contributed by atoms with Crippen LogP contribution in [0.3, 0.4) is 0 Å². The number of thiazole rings is 1. The smallest absolute Gasteiger partial charge is 0.251 e. The van der Waals surface area contributed by atoms with Crippen LogP contribution in [0.25, 0.3) is 0 Å². The quantitative estimate of drug-likeness (QED) is 0.786. The average molecular weight is 345 g/mol. The summed E-state index contributed by atoms with van der Waals surface area (Å²) in [4.78, 5) is 28.2. The molecule has 1 aromatic heterocycles. The number of hydrogen-bond donors (Lipinski definition) is 2. The summed E-state index contributed by atoms with van der Waals surface area (Å²) in [7, 11) is 0. The van der Waals surface area contributed by atoms with Crippen LogP contribution in [0.2, 0.25) is 0 Å². The molecule has 2 aromatic rings. The molecule has 0 aliphatic rings. The van der Waals surface area contributed by atoms with Gasteiger partial charge in [0.05, 0.1) is 5.69 Å². The summed E-state index contributed by atoms with van der Waals surface area (Å²) in [5.74, 6) is -0.204. The summed E-state index contributed by atoms with van der Waals surface area (Å²) >= 11 is 1.43. The first-order valence-electron chi connectivity index (χ1n) is 7.95. The summed E-state index contributed by atoms with van der Waals surface area (Å²) in [6.07, 6.45) is 0.932. The van der Waals surface area contributed by atoms with Crippen LogP contribution in [0.5, 0.6) is 0 Å². The van der Waals surface area contributed by atoms with Gasteiger partial charge in [-0.1, -0.05) is 39.0 Å². The minimum Gasteiger partial charge on any atom is -0.352 e. The molecule has 1 aromatic carbocycles. The van der Waals surface area contributed by atoms with Gasteiger partial charge in [0.25, 0.3) is 5.91 Å². The van der Waals surface area contributed by atoms with Crippen LogP contribution in [0.1, 0.15) is 49.7 Å². The Balaban J connectivity index is 1.70. The molecule has 6 heteroatoms. The summed E-state index contributed by atoms with van der Waals surface area (Å²) in [5, 5.41) is 8.21. The van der Waals surface area contributed by atoms with E-state index in [2.05, 4.69) is 36.4 Å². The van der Waals surface area contributed by atoms with Crippen molar-refractivity contribution in [1.82, 2.24) is 10.3 Å². The number of nitrogens with zero attached hydrogens (tertiary/aromatic N) is 1. The first-order valence-corrected chi connectivity index (χ1v) is 8.83. The van der Waals surface area contributed by atoms with Crippen molar-refractivity contribution in [2.45, 2.75) is 39.0 Å². The minimum atomic E-state index is -0.120. The number of anilines is 1. The van der Waals surface area contributed by atoms with Gasteiger partial charge in [0.2, 0.25) is 5.91 Å². The molecule has 0 aliphatic heterocycles. The van der Waals surface area contributed by atoms with Crippen molar-refractivity contribution in [2.75, 3.05) is 11.9 Å². The second kappa shape index (κ2) is 8.06. The molecule has 2 rings (SSSR count). The van der Waals surface area contributed by atoms with E-state index in [1.165, 1.54) is 11.3 Å². The zero-order chi connectivity index (χ0) is 17.6. The van der Waals surface area contributed by atoms with Crippen LogP contribution in [-0.2, 0) is 10.2 Å². The number of nitrogens with one attached hydrogen (secondary N) is 2. The molecule has 2 N–H and O–H groups in total. The molecule has 0 bridgehead atoms. The molecule has 0 saturated carbocycles. The Morgan fingerprint density at radius 1 is 1.17 bits per heavy atom. The van der Waals surface area contributed by atoms with Crippen LogP contribution in [0, 0.1) is 0 Å². The topological polar surface area (TPSA) is 71.1 Å². The molecule has 0 atom stereocenters. The fourth-order valence-electron chi connectivity index (χ4n) is 2.00. The van der Waals surface area contributed by atoms with E-state index in [9.17, 15) is 9.59 Å². The lowest BCUT2D eigenvalue weighted by Gasteiger charge is -2.14. The fraction of sp³-hybridized carbons (Fsp3) is 0.389. The van der Waals surface area contributed by atoms with Crippen molar-refractivity contribution in [2.24, 2.45) is 0 Å². The van der Waals surface area contributed by atoms with Gasteiger partial charge in [0.1, 0.15) is 0 Å². The lowest BCUT2D eigenvalue weighted by molar-refractivity contribution is -0.116. The number of carbonyl (C=O) groups excluding carboxylic acids is 2. The molecule has 0 aliphatic carbocycles. The van der Waals surface area contributed by atoms with E-state index in [0.29, 0.717) is 30.1 Å². The molecule has 0 spiro atoms. The first-order chi connectivity index (χ1) is 11.4. The molecular formula is C18H23N3O2S. The van der Waals surface area contributed by atoms with E-state index in [1.54, 1.807) is 12.1 Å². The number of hydrogen-bond acceptors (Lipinski definition) is 4. The zero-order valence-electron chi connectivity index (χ0n) is 14.3. The highest BCUT2D eigenvalue weighted by molar-refractivity contribution is 7.13. The minimum absolute atomic E-state index is 0.0266. The Kier molecular flexibility index (Phi) is 6.09. The van der Waals surface area contributed by atoms with Gasteiger partial charge in [-0.25, -0.2) is 4.98 Å². The van der Waals surface area contributed by atoms with Gasteiger partial charge < -0.3 is 10.6 Å². The van der Waals surface area contributed by atoms with Crippen LogP contribution in [-0.4, -0.2) is 23.3 Å².